The van der Waals surface area contributed by atoms with Crippen molar-refractivity contribution in [2.45, 2.75) is 18.6 Å². The Kier molecular flexibility index (Phi) is 3.92. The van der Waals surface area contributed by atoms with E-state index in [1.54, 1.807) is 6.07 Å². The lowest BCUT2D eigenvalue weighted by Crippen LogP contribution is -2.43. The summed E-state index contributed by atoms with van der Waals surface area (Å²) in [6.07, 6.45) is 1.01. The van der Waals surface area contributed by atoms with Crippen molar-refractivity contribution in [3.05, 3.63) is 23.2 Å². The minimum absolute atomic E-state index is 0.296. The van der Waals surface area contributed by atoms with Gasteiger partial charge in [-0.1, -0.05) is 11.6 Å². The molecule has 0 aliphatic heterocycles. The van der Waals surface area contributed by atoms with Gasteiger partial charge < -0.3 is 11.1 Å². The molecule has 3 N–H and O–H groups in total. The highest BCUT2D eigenvalue weighted by Gasteiger charge is 2.38. The number of carbonyl (C=O) groups excluding carboxylic acids is 1. The van der Waals surface area contributed by atoms with E-state index in [1.807, 2.05) is 0 Å². The molecule has 1 rings (SSSR count). The summed E-state index contributed by atoms with van der Waals surface area (Å²) in [5, 5.41) is 2.87. The second-order valence-electron chi connectivity index (χ2n) is 4.47. The Bertz CT molecular complexity index is 582. The van der Waals surface area contributed by atoms with Crippen molar-refractivity contribution in [3.8, 4) is 0 Å². The van der Waals surface area contributed by atoms with Gasteiger partial charge in [0, 0.05) is 11.3 Å². The van der Waals surface area contributed by atoms with Gasteiger partial charge in [-0.15, -0.1) is 0 Å². The minimum Gasteiger partial charge on any atom is -0.397 e. The molecule has 0 spiro atoms. The molecule has 5 nitrogen and oxygen atoms in total. The first-order chi connectivity index (χ1) is 8.05. The number of rotatable bonds is 3. The molecule has 7 heteroatoms. The molecule has 0 saturated carbocycles. The van der Waals surface area contributed by atoms with Gasteiger partial charge in [0.15, 0.2) is 9.84 Å². The Morgan fingerprint density at radius 1 is 1.39 bits per heavy atom. The van der Waals surface area contributed by atoms with Crippen LogP contribution < -0.4 is 11.1 Å². The summed E-state index contributed by atoms with van der Waals surface area (Å²) in [6.45, 7) is 2.66. The quantitative estimate of drug-likeness (QED) is 0.829. The third kappa shape index (κ3) is 2.94. The number of benzene rings is 1. The van der Waals surface area contributed by atoms with Crippen molar-refractivity contribution in [2.75, 3.05) is 17.3 Å². The largest absolute Gasteiger partial charge is 0.397 e. The Hall–Kier alpha value is -1.27. The van der Waals surface area contributed by atoms with Gasteiger partial charge in [-0.3, -0.25) is 4.79 Å². The first kappa shape index (κ1) is 14.8. The second-order valence-corrected chi connectivity index (χ2v) is 7.47. The maximum absolute atomic E-state index is 12.0. The van der Waals surface area contributed by atoms with Crippen LogP contribution in [0.25, 0.3) is 0 Å². The topological polar surface area (TPSA) is 89.3 Å². The van der Waals surface area contributed by atoms with Crippen LogP contribution in [0.2, 0.25) is 5.02 Å². The third-order valence-electron chi connectivity index (χ3n) is 2.74. The number of hydrogen-bond acceptors (Lipinski definition) is 4. The number of nitrogens with one attached hydrogen (secondary N) is 1. The van der Waals surface area contributed by atoms with E-state index in [-0.39, 0.29) is 0 Å². The van der Waals surface area contributed by atoms with E-state index >= 15 is 0 Å². The highest BCUT2D eigenvalue weighted by molar-refractivity contribution is 7.92. The Morgan fingerprint density at radius 3 is 2.44 bits per heavy atom. The molecule has 0 bridgehead atoms. The number of carbonyl (C=O) groups is 1. The summed E-state index contributed by atoms with van der Waals surface area (Å²) >= 11 is 5.78. The first-order valence-corrected chi connectivity index (χ1v) is 7.38. The van der Waals surface area contributed by atoms with Gasteiger partial charge in [0.25, 0.3) is 0 Å². The number of nitrogens with two attached hydrogens (primary N) is 1. The van der Waals surface area contributed by atoms with Crippen LogP contribution in [0.15, 0.2) is 18.2 Å². The van der Waals surface area contributed by atoms with Crippen LogP contribution >= 0.6 is 11.6 Å². The van der Waals surface area contributed by atoms with Gasteiger partial charge in [-0.2, -0.15) is 0 Å². The van der Waals surface area contributed by atoms with Gasteiger partial charge >= 0.3 is 0 Å². The lowest BCUT2D eigenvalue weighted by molar-refractivity contribution is -0.117. The van der Waals surface area contributed by atoms with Crippen LogP contribution in [0.4, 0.5) is 11.4 Å². The summed E-state index contributed by atoms with van der Waals surface area (Å²) in [5.41, 5.74) is 6.28. The molecule has 0 atom stereocenters. The van der Waals surface area contributed by atoms with Gasteiger partial charge in [0.1, 0.15) is 4.75 Å². The molecular weight excluding hydrogens is 276 g/mol. The summed E-state index contributed by atoms with van der Waals surface area (Å²) < 4.78 is 21.5. The molecule has 0 saturated heterocycles. The number of amides is 1. The number of anilines is 2. The fraction of sp³-hybridized carbons (Fsp3) is 0.364. The van der Waals surface area contributed by atoms with Crippen LogP contribution in [0.5, 0.6) is 0 Å². The molecule has 0 aromatic heterocycles. The van der Waals surface area contributed by atoms with Gasteiger partial charge in [-0.25, -0.2) is 8.42 Å². The van der Waals surface area contributed by atoms with Crippen molar-refractivity contribution in [1.29, 1.82) is 0 Å². The average molecular weight is 291 g/mol. The number of halogens is 1. The zero-order chi connectivity index (χ0) is 14.1. The van der Waals surface area contributed by atoms with Gasteiger partial charge in [0.05, 0.1) is 11.4 Å². The van der Waals surface area contributed by atoms with Crippen molar-refractivity contribution < 1.29 is 13.2 Å². The van der Waals surface area contributed by atoms with Gasteiger partial charge in [0.2, 0.25) is 5.91 Å². The van der Waals surface area contributed by atoms with E-state index < -0.39 is 20.5 Å². The number of sulfone groups is 1. The summed E-state index contributed by atoms with van der Waals surface area (Å²) in [6, 6.07) is 4.58. The van der Waals surface area contributed by atoms with Crippen molar-refractivity contribution >= 4 is 38.7 Å². The Balaban J connectivity index is 3.06. The monoisotopic (exact) mass is 290 g/mol. The third-order valence-corrected chi connectivity index (χ3v) is 5.01. The molecule has 0 unspecified atom stereocenters. The number of hydrogen-bond donors (Lipinski definition) is 2. The van der Waals surface area contributed by atoms with Crippen LogP contribution in [-0.4, -0.2) is 25.3 Å². The Labute approximate surface area is 111 Å². The Morgan fingerprint density at radius 2 is 1.94 bits per heavy atom. The van der Waals surface area contributed by atoms with Crippen LogP contribution in [-0.2, 0) is 14.6 Å². The van der Waals surface area contributed by atoms with Crippen LogP contribution in [0.3, 0.4) is 0 Å². The SMILES string of the molecule is CC(C)(C(=O)Nc1cc(Cl)ccc1N)S(C)(=O)=O. The van der Waals surface area contributed by atoms with E-state index in [2.05, 4.69) is 5.32 Å². The highest BCUT2D eigenvalue weighted by Crippen LogP contribution is 2.25. The van der Waals surface area contributed by atoms with E-state index in [9.17, 15) is 13.2 Å². The molecule has 0 radical (unpaired) electrons. The van der Waals surface area contributed by atoms with Crippen LogP contribution in [0, 0.1) is 0 Å². The molecule has 100 valence electrons. The summed E-state index contributed by atoms with van der Waals surface area (Å²) in [7, 11) is -3.53. The second kappa shape index (κ2) is 4.78. The molecule has 1 aromatic carbocycles. The van der Waals surface area contributed by atoms with Crippen molar-refractivity contribution in [1.82, 2.24) is 0 Å². The predicted octanol–water partition coefficient (Wildman–Crippen LogP) is 1.68. The molecule has 0 fully saturated rings. The maximum Gasteiger partial charge on any atom is 0.245 e. The first-order valence-electron chi connectivity index (χ1n) is 5.12. The molecule has 0 aliphatic rings. The standard InChI is InChI=1S/C11H15ClN2O3S/c1-11(2,18(3,16)17)10(15)14-9-6-7(12)4-5-8(9)13/h4-6H,13H2,1-3H3,(H,14,15). The van der Waals surface area contributed by atoms with E-state index in [4.69, 9.17) is 17.3 Å². The molecule has 1 amide bonds. The maximum atomic E-state index is 12.0. The van der Waals surface area contributed by atoms with Crippen molar-refractivity contribution in [3.63, 3.8) is 0 Å². The lowest BCUT2D eigenvalue weighted by Gasteiger charge is -2.22. The fourth-order valence-electron chi connectivity index (χ4n) is 1.08. The van der Waals surface area contributed by atoms with E-state index in [1.165, 1.54) is 26.0 Å². The molecule has 18 heavy (non-hydrogen) atoms. The van der Waals surface area contributed by atoms with E-state index in [0.717, 1.165) is 6.26 Å². The number of nitrogen functional groups attached to an aromatic ring is 1. The minimum atomic E-state index is -3.53. The molecule has 1 aromatic rings. The normalized spacial score (nSPS) is 12.2. The lowest BCUT2D eigenvalue weighted by atomic mass is 10.2. The zero-order valence-corrected chi connectivity index (χ0v) is 11.9. The van der Waals surface area contributed by atoms with Gasteiger partial charge in [-0.05, 0) is 32.0 Å². The van der Waals surface area contributed by atoms with E-state index in [0.29, 0.717) is 16.4 Å². The average Bonchev–Trinajstić information content (AvgIpc) is 2.21. The molecular formula is C11H15ClN2O3S. The molecule has 0 aliphatic carbocycles. The smallest absolute Gasteiger partial charge is 0.245 e. The fourth-order valence-corrected chi connectivity index (χ4v) is 1.64. The van der Waals surface area contributed by atoms with Crippen LogP contribution in [0.1, 0.15) is 13.8 Å². The molecule has 0 heterocycles. The summed E-state index contributed by atoms with van der Waals surface area (Å²) in [4.78, 5) is 12.0. The zero-order valence-electron chi connectivity index (χ0n) is 10.3. The predicted molar refractivity (Wildman–Crippen MR) is 73.4 cm³/mol. The summed E-state index contributed by atoms with van der Waals surface area (Å²) in [5.74, 6) is -0.654. The highest BCUT2D eigenvalue weighted by atomic mass is 35.5. The van der Waals surface area contributed by atoms with Crippen molar-refractivity contribution in [2.24, 2.45) is 0 Å².